The van der Waals surface area contributed by atoms with E-state index in [1.54, 1.807) is 49.6 Å². The van der Waals surface area contributed by atoms with E-state index in [9.17, 15) is 19.5 Å². The maximum atomic E-state index is 13.4. The molecule has 9 heteroatoms. The molecule has 39 heavy (non-hydrogen) atoms. The molecule has 1 saturated carbocycles. The molecule has 2 N–H and O–H groups in total. The van der Waals surface area contributed by atoms with Crippen molar-refractivity contribution in [2.75, 3.05) is 25.2 Å². The number of aliphatic hydroxyl groups is 1. The zero-order chi connectivity index (χ0) is 27.4. The molecule has 1 aromatic heterocycles. The predicted octanol–water partition coefficient (Wildman–Crippen LogP) is 4.55. The fourth-order valence-electron chi connectivity index (χ4n) is 5.49. The molecule has 9 nitrogen and oxygen atoms in total. The number of ketones is 1. The molecule has 1 unspecified atom stereocenters. The number of carbonyl (C=O) groups is 3. The number of methoxy groups -OCH3 is 1. The maximum Gasteiger partial charge on any atom is 0.299 e. The van der Waals surface area contributed by atoms with Gasteiger partial charge in [0.25, 0.3) is 17.6 Å². The Morgan fingerprint density at radius 2 is 1.72 bits per heavy atom. The first kappa shape index (κ1) is 26.4. The molecule has 3 aromatic rings. The van der Waals surface area contributed by atoms with E-state index in [1.807, 2.05) is 12.1 Å². The van der Waals surface area contributed by atoms with E-state index in [4.69, 9.17) is 9.26 Å². The average molecular weight is 530 g/mol. The van der Waals surface area contributed by atoms with Gasteiger partial charge in [-0.1, -0.05) is 48.7 Å². The van der Waals surface area contributed by atoms with Crippen LogP contribution < -0.4 is 10.2 Å². The molecule has 2 aromatic carbocycles. The summed E-state index contributed by atoms with van der Waals surface area (Å²) in [5.41, 5.74) is 2.99. The molecule has 2 amide bonds. The van der Waals surface area contributed by atoms with Crippen molar-refractivity contribution < 1.29 is 28.8 Å². The van der Waals surface area contributed by atoms with Crippen molar-refractivity contribution in [3.05, 3.63) is 77.6 Å². The maximum absolute atomic E-state index is 13.4. The van der Waals surface area contributed by atoms with Gasteiger partial charge < -0.3 is 19.7 Å². The van der Waals surface area contributed by atoms with Crippen molar-refractivity contribution in [3.63, 3.8) is 0 Å². The van der Waals surface area contributed by atoms with E-state index >= 15 is 0 Å². The lowest BCUT2D eigenvalue weighted by Gasteiger charge is -2.34. The van der Waals surface area contributed by atoms with Crippen LogP contribution in [0.5, 0.6) is 0 Å². The highest BCUT2D eigenvalue weighted by Crippen LogP contribution is 2.41. The summed E-state index contributed by atoms with van der Waals surface area (Å²) in [6, 6.07) is 14.8. The first-order valence-electron chi connectivity index (χ1n) is 13.2. The molecule has 5 rings (SSSR count). The van der Waals surface area contributed by atoms with E-state index in [-0.39, 0.29) is 23.2 Å². The lowest BCUT2D eigenvalue weighted by atomic mass is 9.80. The second-order valence-corrected chi connectivity index (χ2v) is 9.87. The van der Waals surface area contributed by atoms with E-state index in [2.05, 4.69) is 10.5 Å². The highest BCUT2D eigenvalue weighted by molar-refractivity contribution is 6.51. The molecule has 202 valence electrons. The van der Waals surface area contributed by atoms with Gasteiger partial charge in [0, 0.05) is 42.1 Å². The average Bonchev–Trinajstić information content (AvgIpc) is 3.60. The summed E-state index contributed by atoms with van der Waals surface area (Å²) in [7, 11) is 1.56. The van der Waals surface area contributed by atoms with Crippen molar-refractivity contribution in [1.82, 2.24) is 10.5 Å². The lowest BCUT2D eigenvalue weighted by molar-refractivity contribution is -0.132. The second kappa shape index (κ2) is 11.7. The fraction of sp³-hybridized carbons (Fsp3) is 0.333. The van der Waals surface area contributed by atoms with Gasteiger partial charge in [-0.3, -0.25) is 19.3 Å². The first-order valence-corrected chi connectivity index (χ1v) is 13.2. The lowest BCUT2D eigenvalue weighted by Crippen LogP contribution is -2.40. The van der Waals surface area contributed by atoms with Crippen LogP contribution in [0.4, 0.5) is 5.69 Å². The largest absolute Gasteiger partial charge is 0.507 e. The Bertz CT molecular complexity index is 1360. The molecule has 2 fully saturated rings. The Morgan fingerprint density at radius 3 is 2.36 bits per heavy atom. The number of ether oxygens (including phenoxy) is 1. The molecule has 0 spiro atoms. The van der Waals surface area contributed by atoms with Crippen molar-refractivity contribution in [2.45, 2.75) is 38.1 Å². The minimum Gasteiger partial charge on any atom is -0.507 e. The van der Waals surface area contributed by atoms with E-state index < -0.39 is 17.7 Å². The molecule has 0 bridgehead atoms. The second-order valence-electron chi connectivity index (χ2n) is 9.87. The van der Waals surface area contributed by atoms with Crippen LogP contribution in [-0.2, 0) is 14.3 Å². The van der Waals surface area contributed by atoms with Gasteiger partial charge in [-0.25, -0.2) is 0 Å². The molecular formula is C30H31N3O6. The van der Waals surface area contributed by atoms with Crippen LogP contribution >= 0.6 is 0 Å². The molecule has 1 saturated heterocycles. The topological polar surface area (TPSA) is 122 Å². The Hall–Kier alpha value is -4.24. The number of nitrogens with one attached hydrogen (secondary N) is 1. The van der Waals surface area contributed by atoms with Crippen LogP contribution in [-0.4, -0.2) is 54.2 Å². The highest BCUT2D eigenvalue weighted by Gasteiger charge is 2.49. The Labute approximate surface area is 226 Å². The van der Waals surface area contributed by atoms with Gasteiger partial charge in [0.05, 0.1) is 18.2 Å². The van der Waals surface area contributed by atoms with Crippen LogP contribution in [0.15, 0.2) is 71.0 Å². The Morgan fingerprint density at radius 1 is 1.03 bits per heavy atom. The van der Waals surface area contributed by atoms with Crippen molar-refractivity contribution in [3.8, 4) is 11.3 Å². The number of rotatable bonds is 8. The van der Waals surface area contributed by atoms with E-state index in [0.29, 0.717) is 35.7 Å². The Kier molecular flexibility index (Phi) is 7.88. The minimum absolute atomic E-state index is 0.0346. The van der Waals surface area contributed by atoms with Gasteiger partial charge in [0.1, 0.15) is 17.7 Å². The summed E-state index contributed by atoms with van der Waals surface area (Å²) >= 11 is 0. The van der Waals surface area contributed by atoms with Crippen LogP contribution in [0, 0.1) is 5.92 Å². The number of nitrogens with zero attached hydrogens (tertiary/aromatic N) is 2. The van der Waals surface area contributed by atoms with E-state index in [0.717, 1.165) is 37.7 Å². The van der Waals surface area contributed by atoms with Gasteiger partial charge in [0.15, 0.2) is 0 Å². The van der Waals surface area contributed by atoms with Crippen molar-refractivity contribution in [1.29, 1.82) is 0 Å². The van der Waals surface area contributed by atoms with Gasteiger partial charge in [-0.05, 0) is 43.0 Å². The third kappa shape index (κ3) is 5.35. The van der Waals surface area contributed by atoms with Crippen molar-refractivity contribution >= 4 is 29.0 Å². The SMILES string of the molecule is COCCNC(=O)c1ccc(C(O)=C2C(=O)C(=O)N(c3ccc(-c4ccon4)cc3)C2C2CCCCC2)cc1. The molecule has 1 aliphatic heterocycles. The number of amides is 2. The number of anilines is 1. The van der Waals surface area contributed by atoms with Gasteiger partial charge in [-0.2, -0.15) is 0 Å². The summed E-state index contributed by atoms with van der Waals surface area (Å²) in [4.78, 5) is 40.7. The summed E-state index contributed by atoms with van der Waals surface area (Å²) in [5, 5.41) is 18.1. The molecule has 1 atom stereocenters. The number of hydrogen-bond donors (Lipinski definition) is 2. The number of carbonyl (C=O) groups excluding carboxylic acids is 3. The number of benzene rings is 2. The summed E-state index contributed by atoms with van der Waals surface area (Å²) in [6.45, 7) is 0.774. The van der Waals surface area contributed by atoms with Gasteiger partial charge in [0.2, 0.25) is 0 Å². The summed E-state index contributed by atoms with van der Waals surface area (Å²) in [5.74, 6) is -1.82. The summed E-state index contributed by atoms with van der Waals surface area (Å²) in [6.07, 6.45) is 6.32. The van der Waals surface area contributed by atoms with Gasteiger partial charge >= 0.3 is 0 Å². The molecule has 2 heterocycles. The molecule has 2 aliphatic rings. The highest BCUT2D eigenvalue weighted by atomic mass is 16.5. The van der Waals surface area contributed by atoms with Gasteiger partial charge in [-0.15, -0.1) is 0 Å². The molecule has 1 aliphatic carbocycles. The van der Waals surface area contributed by atoms with Crippen molar-refractivity contribution in [2.24, 2.45) is 5.92 Å². The monoisotopic (exact) mass is 529 g/mol. The Balaban J connectivity index is 1.49. The predicted molar refractivity (Wildman–Crippen MR) is 145 cm³/mol. The van der Waals surface area contributed by atoms with Crippen LogP contribution in [0.25, 0.3) is 17.0 Å². The first-order chi connectivity index (χ1) is 19.0. The number of Topliss-reactive ketones (excluding diaryl/α,β-unsaturated/α-hetero) is 1. The minimum atomic E-state index is -0.704. The number of aliphatic hydroxyl groups excluding tert-OH is 1. The fourth-order valence-corrected chi connectivity index (χ4v) is 5.49. The standard InChI is InChI=1S/C30H31N3O6/c1-38-18-16-31-29(36)22-9-7-21(8-10-22)27(34)25-26(20-5-3-2-4-6-20)33(30(37)28(25)35)23-13-11-19(12-14-23)24-15-17-39-32-24/h7-15,17,20,26,34H,2-6,16,18H2,1H3,(H,31,36). The zero-order valence-corrected chi connectivity index (χ0v) is 21.8. The van der Waals surface area contributed by atoms with E-state index in [1.165, 1.54) is 11.2 Å². The summed E-state index contributed by atoms with van der Waals surface area (Å²) < 4.78 is 9.88. The number of hydrogen-bond acceptors (Lipinski definition) is 7. The zero-order valence-electron chi connectivity index (χ0n) is 21.8. The molecule has 0 radical (unpaired) electrons. The quantitative estimate of drug-likeness (QED) is 0.190. The third-order valence-corrected chi connectivity index (χ3v) is 7.47. The normalized spacial score (nSPS) is 19.4. The van der Waals surface area contributed by atoms with Crippen LogP contribution in [0.1, 0.15) is 48.0 Å². The smallest absolute Gasteiger partial charge is 0.299 e. The third-order valence-electron chi connectivity index (χ3n) is 7.47. The molecular weight excluding hydrogens is 498 g/mol. The van der Waals surface area contributed by atoms with Crippen LogP contribution in [0.3, 0.4) is 0 Å². The number of aromatic nitrogens is 1. The van der Waals surface area contributed by atoms with Crippen LogP contribution in [0.2, 0.25) is 0 Å².